The first-order valence-corrected chi connectivity index (χ1v) is 6.59. The lowest BCUT2D eigenvalue weighted by atomic mass is 10.0. The van der Waals surface area contributed by atoms with E-state index in [2.05, 4.69) is 42.8 Å². The number of hydrogen-bond acceptors (Lipinski definition) is 2. The predicted octanol–water partition coefficient (Wildman–Crippen LogP) is 4.29. The SMILES string of the molecule is CCC(C)CC(O)c1cc(C)c(Br)s1. The third-order valence-corrected chi connectivity index (χ3v) is 4.77. The van der Waals surface area contributed by atoms with E-state index < -0.39 is 0 Å². The summed E-state index contributed by atoms with van der Waals surface area (Å²) in [6.07, 6.45) is 1.70. The van der Waals surface area contributed by atoms with Crippen molar-refractivity contribution >= 4 is 27.3 Å². The molecule has 14 heavy (non-hydrogen) atoms. The Hall–Kier alpha value is 0.140. The zero-order valence-electron chi connectivity index (χ0n) is 8.88. The maximum Gasteiger partial charge on any atom is 0.0885 e. The average Bonchev–Trinajstić information content (AvgIpc) is 2.47. The van der Waals surface area contributed by atoms with E-state index in [0.717, 1.165) is 21.5 Å². The molecular weight excluding hydrogens is 260 g/mol. The van der Waals surface area contributed by atoms with Crippen molar-refractivity contribution in [3.8, 4) is 0 Å². The lowest BCUT2D eigenvalue weighted by molar-refractivity contribution is 0.150. The Bertz CT molecular complexity index is 276. The number of aliphatic hydroxyl groups excluding tert-OH is 1. The van der Waals surface area contributed by atoms with Crippen LogP contribution in [0.3, 0.4) is 0 Å². The lowest BCUT2D eigenvalue weighted by Gasteiger charge is -2.13. The van der Waals surface area contributed by atoms with Crippen LogP contribution >= 0.6 is 27.3 Å². The first-order valence-electron chi connectivity index (χ1n) is 4.98. The molecule has 0 spiro atoms. The Balaban J connectivity index is 2.64. The standard InChI is InChI=1S/C11H17BrOS/c1-4-7(2)5-9(13)10-6-8(3)11(12)14-10/h6-7,9,13H,4-5H2,1-3H3. The monoisotopic (exact) mass is 276 g/mol. The highest BCUT2D eigenvalue weighted by Gasteiger charge is 2.14. The van der Waals surface area contributed by atoms with Crippen molar-refractivity contribution in [2.24, 2.45) is 5.92 Å². The van der Waals surface area contributed by atoms with Gasteiger partial charge in [0.1, 0.15) is 0 Å². The van der Waals surface area contributed by atoms with Crippen molar-refractivity contribution in [2.75, 3.05) is 0 Å². The topological polar surface area (TPSA) is 20.2 Å². The second-order valence-corrected chi connectivity index (χ2v) is 6.27. The summed E-state index contributed by atoms with van der Waals surface area (Å²) in [5.74, 6) is 0.589. The van der Waals surface area contributed by atoms with Crippen LogP contribution in [0.2, 0.25) is 0 Å². The molecule has 1 nitrogen and oxygen atoms in total. The normalized spacial score (nSPS) is 15.5. The van der Waals surface area contributed by atoms with Crippen LogP contribution in [0.1, 0.15) is 43.2 Å². The smallest absolute Gasteiger partial charge is 0.0885 e. The highest BCUT2D eigenvalue weighted by molar-refractivity contribution is 9.11. The zero-order valence-corrected chi connectivity index (χ0v) is 11.3. The molecule has 1 heterocycles. The van der Waals surface area contributed by atoms with E-state index in [-0.39, 0.29) is 6.10 Å². The van der Waals surface area contributed by atoms with E-state index in [1.165, 1.54) is 5.56 Å². The van der Waals surface area contributed by atoms with Crippen LogP contribution < -0.4 is 0 Å². The van der Waals surface area contributed by atoms with Crippen LogP contribution in [-0.2, 0) is 0 Å². The number of hydrogen-bond donors (Lipinski definition) is 1. The van der Waals surface area contributed by atoms with Crippen LogP contribution in [0.25, 0.3) is 0 Å². The third-order valence-electron chi connectivity index (χ3n) is 2.53. The van der Waals surface area contributed by atoms with Crippen LogP contribution in [0, 0.1) is 12.8 Å². The molecule has 1 aromatic rings. The zero-order chi connectivity index (χ0) is 10.7. The van der Waals surface area contributed by atoms with Gasteiger partial charge in [0.25, 0.3) is 0 Å². The van der Waals surface area contributed by atoms with E-state index in [9.17, 15) is 5.11 Å². The van der Waals surface area contributed by atoms with Crippen LogP contribution in [0.5, 0.6) is 0 Å². The molecule has 0 radical (unpaired) electrons. The molecule has 0 saturated heterocycles. The molecule has 0 fully saturated rings. The molecule has 80 valence electrons. The molecule has 0 bridgehead atoms. The summed E-state index contributed by atoms with van der Waals surface area (Å²) in [5.41, 5.74) is 1.22. The van der Waals surface area contributed by atoms with Crippen LogP contribution in [0.4, 0.5) is 0 Å². The lowest BCUT2D eigenvalue weighted by Crippen LogP contribution is -2.01. The van der Waals surface area contributed by atoms with Crippen molar-refractivity contribution in [3.63, 3.8) is 0 Å². The highest BCUT2D eigenvalue weighted by Crippen LogP contribution is 2.34. The van der Waals surface area contributed by atoms with Gasteiger partial charge in [0.2, 0.25) is 0 Å². The number of aliphatic hydroxyl groups is 1. The molecule has 1 rings (SSSR count). The molecule has 0 aliphatic carbocycles. The summed E-state index contributed by atoms with van der Waals surface area (Å²) in [4.78, 5) is 1.08. The average molecular weight is 277 g/mol. The summed E-state index contributed by atoms with van der Waals surface area (Å²) in [6.45, 7) is 6.39. The van der Waals surface area contributed by atoms with Gasteiger partial charge in [-0.15, -0.1) is 11.3 Å². The molecule has 0 aliphatic rings. The summed E-state index contributed by atoms with van der Waals surface area (Å²) in [5, 5.41) is 9.95. The Kier molecular flexibility index (Phi) is 4.61. The Morgan fingerprint density at radius 2 is 2.21 bits per heavy atom. The minimum absolute atomic E-state index is 0.292. The van der Waals surface area contributed by atoms with Crippen molar-refractivity contribution in [1.82, 2.24) is 0 Å². The first-order chi connectivity index (χ1) is 6.54. The van der Waals surface area contributed by atoms with Crippen molar-refractivity contribution in [1.29, 1.82) is 0 Å². The second-order valence-electron chi connectivity index (χ2n) is 3.87. The maximum absolute atomic E-state index is 9.95. The molecule has 3 heteroatoms. The number of aryl methyl sites for hydroxylation is 1. The quantitative estimate of drug-likeness (QED) is 0.870. The largest absolute Gasteiger partial charge is 0.388 e. The number of thiophene rings is 1. The van der Waals surface area contributed by atoms with E-state index in [4.69, 9.17) is 0 Å². The van der Waals surface area contributed by atoms with Gasteiger partial charge < -0.3 is 5.11 Å². The molecule has 0 saturated carbocycles. The fourth-order valence-corrected chi connectivity index (χ4v) is 2.88. The van der Waals surface area contributed by atoms with Gasteiger partial charge in [-0.1, -0.05) is 20.3 Å². The molecule has 2 atom stereocenters. The maximum atomic E-state index is 9.95. The van der Waals surface area contributed by atoms with Crippen LogP contribution in [-0.4, -0.2) is 5.11 Å². The van der Waals surface area contributed by atoms with E-state index >= 15 is 0 Å². The van der Waals surface area contributed by atoms with E-state index in [1.54, 1.807) is 11.3 Å². The minimum Gasteiger partial charge on any atom is -0.388 e. The summed E-state index contributed by atoms with van der Waals surface area (Å²) < 4.78 is 1.13. The van der Waals surface area contributed by atoms with Gasteiger partial charge in [0, 0.05) is 4.88 Å². The summed E-state index contributed by atoms with van der Waals surface area (Å²) >= 11 is 5.12. The van der Waals surface area contributed by atoms with Gasteiger partial charge in [-0.3, -0.25) is 0 Å². The fourth-order valence-electron chi connectivity index (χ4n) is 1.31. The van der Waals surface area contributed by atoms with Gasteiger partial charge >= 0.3 is 0 Å². The molecule has 1 aromatic heterocycles. The van der Waals surface area contributed by atoms with E-state index in [0.29, 0.717) is 5.92 Å². The highest BCUT2D eigenvalue weighted by atomic mass is 79.9. The van der Waals surface area contributed by atoms with Gasteiger partial charge in [-0.2, -0.15) is 0 Å². The van der Waals surface area contributed by atoms with Crippen molar-refractivity contribution < 1.29 is 5.11 Å². The van der Waals surface area contributed by atoms with Gasteiger partial charge in [0.15, 0.2) is 0 Å². The predicted molar refractivity (Wildman–Crippen MR) is 65.8 cm³/mol. The molecule has 0 aromatic carbocycles. The van der Waals surface area contributed by atoms with Crippen LogP contribution in [0.15, 0.2) is 9.85 Å². The van der Waals surface area contributed by atoms with E-state index in [1.807, 2.05) is 0 Å². The number of rotatable bonds is 4. The molecule has 1 N–H and O–H groups in total. The Morgan fingerprint density at radius 1 is 1.57 bits per heavy atom. The molecular formula is C11H17BrOS. The minimum atomic E-state index is -0.292. The van der Waals surface area contributed by atoms with Gasteiger partial charge in [0.05, 0.1) is 9.89 Å². The van der Waals surface area contributed by atoms with Crippen molar-refractivity contribution in [2.45, 2.75) is 39.7 Å². The Morgan fingerprint density at radius 3 is 2.64 bits per heavy atom. The fraction of sp³-hybridized carbons (Fsp3) is 0.636. The molecule has 0 amide bonds. The van der Waals surface area contributed by atoms with Gasteiger partial charge in [-0.05, 0) is 46.8 Å². The third kappa shape index (κ3) is 3.07. The Labute approximate surface area is 98.3 Å². The summed E-state index contributed by atoms with van der Waals surface area (Å²) in [6, 6.07) is 2.07. The molecule has 2 unspecified atom stereocenters. The summed E-state index contributed by atoms with van der Waals surface area (Å²) in [7, 11) is 0. The van der Waals surface area contributed by atoms with Crippen molar-refractivity contribution in [3.05, 3.63) is 20.3 Å². The second kappa shape index (κ2) is 5.29. The first kappa shape index (κ1) is 12.2. The molecule has 0 aliphatic heterocycles. The van der Waals surface area contributed by atoms with Gasteiger partial charge in [-0.25, -0.2) is 0 Å². The number of halogens is 1.